The predicted molar refractivity (Wildman–Crippen MR) is 67.3 cm³/mol. The molecule has 0 aliphatic rings. The molecule has 0 radical (unpaired) electrons. The first kappa shape index (κ1) is 13.6. The molecule has 0 aromatic carbocycles. The quantitative estimate of drug-likeness (QED) is 0.841. The van der Waals surface area contributed by atoms with Crippen molar-refractivity contribution in [2.24, 2.45) is 0 Å². The fourth-order valence-corrected chi connectivity index (χ4v) is 3.60. The Morgan fingerprint density at radius 3 is 2.84 bits per heavy atom. The lowest BCUT2D eigenvalue weighted by molar-refractivity contribution is 0.0698. The van der Waals surface area contributed by atoms with E-state index in [0.717, 1.165) is 11.3 Å². The van der Waals surface area contributed by atoms with Crippen molar-refractivity contribution in [3.8, 4) is 0 Å². The molecule has 19 heavy (non-hydrogen) atoms. The van der Waals surface area contributed by atoms with Crippen LogP contribution in [0.4, 0.5) is 0 Å². The summed E-state index contributed by atoms with van der Waals surface area (Å²) in [5.74, 6) is -1.27. The van der Waals surface area contributed by atoms with Gasteiger partial charge in [0.25, 0.3) is 0 Å². The van der Waals surface area contributed by atoms with Gasteiger partial charge in [0.1, 0.15) is 9.77 Å². The average Bonchev–Trinajstić information content (AvgIpc) is 2.88. The second-order valence-corrected chi connectivity index (χ2v) is 6.11. The molecule has 0 bridgehead atoms. The van der Waals surface area contributed by atoms with E-state index >= 15 is 0 Å². The van der Waals surface area contributed by atoms with Crippen LogP contribution in [-0.4, -0.2) is 29.7 Å². The maximum atomic E-state index is 12.0. The van der Waals surface area contributed by atoms with E-state index in [1.165, 1.54) is 17.6 Å². The molecule has 0 unspecified atom stereocenters. The molecule has 2 aromatic rings. The van der Waals surface area contributed by atoms with E-state index in [2.05, 4.69) is 14.9 Å². The van der Waals surface area contributed by atoms with Crippen LogP contribution in [0.25, 0.3) is 0 Å². The number of hydrogen-bond acceptors (Lipinski definition) is 6. The summed E-state index contributed by atoms with van der Waals surface area (Å²) >= 11 is 0.860. The first-order chi connectivity index (χ1) is 9.00. The molecule has 2 N–H and O–H groups in total. The van der Waals surface area contributed by atoms with Crippen molar-refractivity contribution in [1.82, 2.24) is 14.9 Å². The highest BCUT2D eigenvalue weighted by Crippen LogP contribution is 2.21. The summed E-state index contributed by atoms with van der Waals surface area (Å²) in [7, 11) is -3.88. The normalized spacial score (nSPS) is 11.4. The summed E-state index contributed by atoms with van der Waals surface area (Å²) in [4.78, 5) is 10.4. The van der Waals surface area contributed by atoms with Crippen LogP contribution in [0.1, 0.15) is 15.4 Å². The zero-order chi connectivity index (χ0) is 13.9. The Kier molecular flexibility index (Phi) is 3.88. The van der Waals surface area contributed by atoms with Gasteiger partial charge < -0.3 is 5.11 Å². The fourth-order valence-electron chi connectivity index (χ4n) is 1.34. The number of hydrogen-bond donors (Lipinski definition) is 2. The Balaban J connectivity index is 2.19. The van der Waals surface area contributed by atoms with Gasteiger partial charge in [-0.25, -0.2) is 17.9 Å². The summed E-state index contributed by atoms with van der Waals surface area (Å²) in [5.41, 5.74) is 0.443. The third kappa shape index (κ3) is 3.13. The highest BCUT2D eigenvalue weighted by Gasteiger charge is 2.23. The maximum absolute atomic E-state index is 12.0. The lowest BCUT2D eigenvalue weighted by atomic mass is 10.4. The average molecular weight is 299 g/mol. The molecule has 0 aliphatic carbocycles. The minimum absolute atomic E-state index is 0.0505. The van der Waals surface area contributed by atoms with Gasteiger partial charge in [-0.15, -0.1) is 11.3 Å². The molecule has 0 fully saturated rings. The van der Waals surface area contributed by atoms with Crippen LogP contribution in [0.15, 0.2) is 34.7 Å². The molecular formula is C10H9N3O4S2. The Morgan fingerprint density at radius 2 is 2.21 bits per heavy atom. The molecule has 100 valence electrons. The van der Waals surface area contributed by atoms with E-state index in [1.54, 1.807) is 12.1 Å². The van der Waals surface area contributed by atoms with E-state index in [-0.39, 0.29) is 16.3 Å². The zero-order valence-electron chi connectivity index (χ0n) is 9.48. The van der Waals surface area contributed by atoms with Crippen LogP contribution in [0.3, 0.4) is 0 Å². The summed E-state index contributed by atoms with van der Waals surface area (Å²) in [6.07, 6.45) is 1.47. The van der Waals surface area contributed by atoms with Gasteiger partial charge in [-0.3, -0.25) is 0 Å². The number of thiophene rings is 1. The number of rotatable bonds is 5. The third-order valence-corrected chi connectivity index (χ3v) is 4.66. The molecule has 0 amide bonds. The lowest BCUT2D eigenvalue weighted by Gasteiger charge is -2.05. The lowest BCUT2D eigenvalue weighted by Crippen LogP contribution is -2.24. The predicted octanol–water partition coefficient (Wildman–Crippen LogP) is 0.715. The smallest absolute Gasteiger partial charge is 0.347 e. The number of carboxylic acids is 1. The van der Waals surface area contributed by atoms with Gasteiger partial charge in [0.15, 0.2) is 0 Å². The van der Waals surface area contributed by atoms with Crippen LogP contribution in [0, 0.1) is 0 Å². The highest BCUT2D eigenvalue weighted by atomic mass is 32.2. The molecule has 2 rings (SSSR count). The molecule has 0 saturated heterocycles. The van der Waals surface area contributed by atoms with E-state index in [0.29, 0.717) is 5.69 Å². The number of carbonyl (C=O) groups is 1. The minimum atomic E-state index is -3.88. The monoisotopic (exact) mass is 299 g/mol. The topological polar surface area (TPSA) is 109 Å². The number of sulfonamides is 1. The van der Waals surface area contributed by atoms with E-state index < -0.39 is 16.0 Å². The van der Waals surface area contributed by atoms with Gasteiger partial charge in [0.05, 0.1) is 12.2 Å². The number of aromatic carboxylic acids is 1. The van der Waals surface area contributed by atoms with Crippen molar-refractivity contribution in [3.63, 3.8) is 0 Å². The SMILES string of the molecule is O=C(O)c1sccc1S(=O)(=O)NCc1cccnn1. The summed E-state index contributed by atoms with van der Waals surface area (Å²) in [5, 5.41) is 17.7. The van der Waals surface area contributed by atoms with Crippen LogP contribution in [-0.2, 0) is 16.6 Å². The Labute approximate surface area is 113 Å². The van der Waals surface area contributed by atoms with E-state index in [1.807, 2.05) is 0 Å². The van der Waals surface area contributed by atoms with Gasteiger partial charge in [-0.1, -0.05) is 0 Å². The van der Waals surface area contributed by atoms with E-state index in [4.69, 9.17) is 5.11 Å². The maximum Gasteiger partial charge on any atom is 0.347 e. The number of carboxylic acid groups (broad SMARTS) is 1. The number of nitrogens with one attached hydrogen (secondary N) is 1. The molecule has 0 aliphatic heterocycles. The van der Waals surface area contributed by atoms with Crippen molar-refractivity contribution < 1.29 is 18.3 Å². The number of aromatic nitrogens is 2. The third-order valence-electron chi connectivity index (χ3n) is 2.18. The number of nitrogens with zero attached hydrogens (tertiary/aromatic N) is 2. The van der Waals surface area contributed by atoms with Crippen LogP contribution >= 0.6 is 11.3 Å². The van der Waals surface area contributed by atoms with Crippen molar-refractivity contribution in [2.75, 3.05) is 0 Å². The molecule has 0 saturated carbocycles. The molecule has 9 heteroatoms. The summed E-state index contributed by atoms with van der Waals surface area (Å²) in [6, 6.07) is 4.50. The second kappa shape index (κ2) is 5.43. The largest absolute Gasteiger partial charge is 0.477 e. The van der Waals surface area contributed by atoms with Crippen LogP contribution in [0.5, 0.6) is 0 Å². The minimum Gasteiger partial charge on any atom is -0.477 e. The van der Waals surface area contributed by atoms with Crippen LogP contribution in [0.2, 0.25) is 0 Å². The van der Waals surface area contributed by atoms with Gasteiger partial charge in [0, 0.05) is 6.20 Å². The Bertz CT molecular complexity index is 682. The Hall–Kier alpha value is -1.84. The van der Waals surface area contributed by atoms with Gasteiger partial charge in [-0.05, 0) is 23.6 Å². The van der Waals surface area contributed by atoms with E-state index in [9.17, 15) is 13.2 Å². The molecule has 0 spiro atoms. The van der Waals surface area contributed by atoms with Gasteiger partial charge >= 0.3 is 5.97 Å². The molecule has 2 aromatic heterocycles. The molecule has 7 nitrogen and oxygen atoms in total. The van der Waals surface area contributed by atoms with Gasteiger partial charge in [-0.2, -0.15) is 10.2 Å². The molecular weight excluding hydrogens is 290 g/mol. The fraction of sp³-hybridized carbons (Fsp3) is 0.100. The highest BCUT2D eigenvalue weighted by molar-refractivity contribution is 7.89. The van der Waals surface area contributed by atoms with Gasteiger partial charge in [0.2, 0.25) is 10.0 Å². The van der Waals surface area contributed by atoms with Crippen molar-refractivity contribution in [3.05, 3.63) is 40.3 Å². The first-order valence-corrected chi connectivity index (χ1v) is 7.44. The standard InChI is InChI=1S/C10H9N3O4S2/c14-10(15)9-8(3-5-18-9)19(16,17)12-6-7-2-1-4-11-13-7/h1-5,12H,6H2,(H,14,15). The first-order valence-electron chi connectivity index (χ1n) is 5.08. The van der Waals surface area contributed by atoms with Crippen LogP contribution < -0.4 is 4.72 Å². The molecule has 0 atom stereocenters. The summed E-state index contributed by atoms with van der Waals surface area (Å²) < 4.78 is 26.2. The molecule has 2 heterocycles. The zero-order valence-corrected chi connectivity index (χ0v) is 11.1. The van der Waals surface area contributed by atoms with Crippen molar-refractivity contribution in [1.29, 1.82) is 0 Å². The summed E-state index contributed by atoms with van der Waals surface area (Å²) in [6.45, 7) is -0.0505. The van der Waals surface area contributed by atoms with Crippen molar-refractivity contribution >= 4 is 27.3 Å². The second-order valence-electron chi connectivity index (χ2n) is 3.46. The van der Waals surface area contributed by atoms with Crippen molar-refractivity contribution in [2.45, 2.75) is 11.4 Å². The Morgan fingerprint density at radius 1 is 1.42 bits per heavy atom.